The molecule has 0 amide bonds. The topological polar surface area (TPSA) is 30.5 Å². The normalized spacial score (nSPS) is 18.1. The fourth-order valence-electron chi connectivity index (χ4n) is 1.80. The molecule has 0 spiro atoms. The van der Waals surface area contributed by atoms with Crippen LogP contribution in [0, 0.1) is 0 Å². The van der Waals surface area contributed by atoms with Crippen molar-refractivity contribution in [2.75, 3.05) is 26.4 Å². The van der Waals surface area contributed by atoms with Gasteiger partial charge in [0.05, 0.1) is 12.6 Å². The quantitative estimate of drug-likeness (QED) is 0.719. The van der Waals surface area contributed by atoms with Crippen molar-refractivity contribution in [1.82, 2.24) is 5.32 Å². The summed E-state index contributed by atoms with van der Waals surface area (Å²) in [5.41, 5.74) is 0. The number of allylic oxidation sites excluding steroid dienone is 1. The first-order chi connectivity index (χ1) is 8.53. The molecule has 1 atom stereocenters. The maximum atomic E-state index is 11.9. The van der Waals surface area contributed by atoms with E-state index in [0.717, 1.165) is 25.1 Å². The number of alkyl halides is 3. The van der Waals surface area contributed by atoms with E-state index in [2.05, 4.69) is 10.1 Å². The van der Waals surface area contributed by atoms with E-state index < -0.39 is 12.8 Å². The molecule has 0 aromatic heterocycles. The molecule has 1 aliphatic rings. The average Bonchev–Trinajstić information content (AvgIpc) is 2.33. The van der Waals surface area contributed by atoms with Crippen molar-refractivity contribution >= 4 is 0 Å². The average molecular weight is 267 g/mol. The first kappa shape index (κ1) is 15.3. The van der Waals surface area contributed by atoms with Crippen molar-refractivity contribution in [1.29, 1.82) is 0 Å². The van der Waals surface area contributed by atoms with Crippen LogP contribution < -0.4 is 5.32 Å². The fourth-order valence-corrected chi connectivity index (χ4v) is 1.80. The number of halogens is 3. The first-order valence-electron chi connectivity index (χ1n) is 6.23. The summed E-state index contributed by atoms with van der Waals surface area (Å²) in [6.45, 7) is 2.25. The lowest BCUT2D eigenvalue weighted by atomic mass is 10.1. The molecule has 106 valence electrons. The monoisotopic (exact) mass is 267 g/mol. The second-order valence-corrected chi connectivity index (χ2v) is 4.16. The molecule has 0 aromatic carbocycles. The van der Waals surface area contributed by atoms with E-state index >= 15 is 0 Å². The largest absolute Gasteiger partial charge is 0.497 e. The van der Waals surface area contributed by atoms with Crippen LogP contribution in [0.1, 0.15) is 26.2 Å². The van der Waals surface area contributed by atoms with Crippen LogP contribution in [0.2, 0.25) is 0 Å². The number of nitrogens with one attached hydrogen (secondary N) is 1. The van der Waals surface area contributed by atoms with Crippen molar-refractivity contribution in [2.24, 2.45) is 0 Å². The summed E-state index contributed by atoms with van der Waals surface area (Å²) in [4.78, 5) is 0. The van der Waals surface area contributed by atoms with Crippen molar-refractivity contribution < 1.29 is 22.6 Å². The van der Waals surface area contributed by atoms with Gasteiger partial charge < -0.3 is 14.8 Å². The summed E-state index contributed by atoms with van der Waals surface area (Å²) >= 11 is 0. The zero-order valence-electron chi connectivity index (χ0n) is 10.6. The number of rotatable bonds is 7. The van der Waals surface area contributed by atoms with Crippen molar-refractivity contribution in [3.63, 3.8) is 0 Å². The molecule has 0 saturated carbocycles. The third-order valence-corrected chi connectivity index (χ3v) is 2.57. The predicted octanol–water partition coefficient (Wildman–Crippen LogP) is 2.63. The van der Waals surface area contributed by atoms with Gasteiger partial charge in [0.1, 0.15) is 12.4 Å². The van der Waals surface area contributed by atoms with Crippen LogP contribution >= 0.6 is 0 Å². The number of hydrogen-bond donors (Lipinski definition) is 1. The molecule has 1 N–H and O–H groups in total. The highest BCUT2D eigenvalue weighted by atomic mass is 19.4. The van der Waals surface area contributed by atoms with Crippen molar-refractivity contribution in [3.8, 4) is 0 Å². The molecule has 0 aromatic rings. The molecule has 0 fully saturated rings. The summed E-state index contributed by atoms with van der Waals surface area (Å²) < 4.78 is 45.8. The summed E-state index contributed by atoms with van der Waals surface area (Å²) in [6, 6.07) is -0.0523. The lowest BCUT2D eigenvalue weighted by Gasteiger charge is -2.24. The van der Waals surface area contributed by atoms with Gasteiger partial charge in [-0.1, -0.05) is 6.92 Å². The highest BCUT2D eigenvalue weighted by Crippen LogP contribution is 2.17. The summed E-state index contributed by atoms with van der Waals surface area (Å²) in [7, 11) is 0. The zero-order valence-corrected chi connectivity index (χ0v) is 10.6. The molecule has 0 saturated heterocycles. The Hall–Kier alpha value is -0.750. The molecule has 18 heavy (non-hydrogen) atoms. The minimum Gasteiger partial charge on any atom is -0.497 e. The van der Waals surface area contributed by atoms with E-state index in [1.807, 2.05) is 13.0 Å². The minimum absolute atomic E-state index is 0.0523. The van der Waals surface area contributed by atoms with E-state index in [1.54, 1.807) is 0 Å². The highest BCUT2D eigenvalue weighted by Gasteiger charge is 2.27. The molecular formula is C12H20F3NO2. The molecule has 1 aliphatic heterocycles. The standard InChI is InChI=1S/C12H20F3NO2/c1-2-16-10(11-5-3-4-7-18-11)6-8-17-9-12(13,14)15/h5,10,16H,2-4,6-9H2,1H3. The van der Waals surface area contributed by atoms with Gasteiger partial charge in [-0.15, -0.1) is 0 Å². The molecule has 6 heteroatoms. The van der Waals surface area contributed by atoms with Crippen LogP contribution in [0.25, 0.3) is 0 Å². The number of ether oxygens (including phenoxy) is 2. The van der Waals surface area contributed by atoms with Gasteiger partial charge in [-0.05, 0) is 31.9 Å². The third-order valence-electron chi connectivity index (χ3n) is 2.57. The predicted molar refractivity (Wildman–Crippen MR) is 62.2 cm³/mol. The van der Waals surface area contributed by atoms with Gasteiger partial charge in [-0.2, -0.15) is 13.2 Å². The van der Waals surface area contributed by atoms with Crippen LogP contribution in [-0.2, 0) is 9.47 Å². The molecule has 1 heterocycles. The molecular weight excluding hydrogens is 247 g/mol. The van der Waals surface area contributed by atoms with Crippen molar-refractivity contribution in [3.05, 3.63) is 11.8 Å². The Labute approximate surface area is 105 Å². The van der Waals surface area contributed by atoms with E-state index in [0.29, 0.717) is 13.0 Å². The van der Waals surface area contributed by atoms with Gasteiger partial charge in [-0.3, -0.25) is 0 Å². The maximum absolute atomic E-state index is 11.9. The molecule has 0 radical (unpaired) electrons. The smallest absolute Gasteiger partial charge is 0.411 e. The van der Waals surface area contributed by atoms with E-state index in [4.69, 9.17) is 4.74 Å². The highest BCUT2D eigenvalue weighted by molar-refractivity contribution is 5.05. The van der Waals surface area contributed by atoms with Gasteiger partial charge >= 0.3 is 6.18 Å². The van der Waals surface area contributed by atoms with Crippen LogP contribution in [-0.4, -0.2) is 38.6 Å². The number of likely N-dealkylation sites (N-methyl/N-ethyl adjacent to an activating group) is 1. The van der Waals surface area contributed by atoms with E-state index in [-0.39, 0.29) is 12.6 Å². The second kappa shape index (κ2) is 7.63. The second-order valence-electron chi connectivity index (χ2n) is 4.16. The van der Waals surface area contributed by atoms with Gasteiger partial charge in [0.2, 0.25) is 0 Å². The van der Waals surface area contributed by atoms with Crippen LogP contribution in [0.3, 0.4) is 0 Å². The SMILES string of the molecule is CCNC(CCOCC(F)(F)F)C1=CCCCO1. The van der Waals surface area contributed by atoms with Gasteiger partial charge in [0, 0.05) is 6.61 Å². The van der Waals surface area contributed by atoms with E-state index in [9.17, 15) is 13.2 Å². The first-order valence-corrected chi connectivity index (χ1v) is 6.23. The fraction of sp³-hybridized carbons (Fsp3) is 0.833. The Balaban J connectivity index is 2.31. The van der Waals surface area contributed by atoms with Crippen LogP contribution in [0.5, 0.6) is 0 Å². The third kappa shape index (κ3) is 6.26. The lowest BCUT2D eigenvalue weighted by molar-refractivity contribution is -0.174. The maximum Gasteiger partial charge on any atom is 0.411 e. The van der Waals surface area contributed by atoms with E-state index in [1.165, 1.54) is 0 Å². The van der Waals surface area contributed by atoms with Gasteiger partial charge in [0.15, 0.2) is 0 Å². The summed E-state index contributed by atoms with van der Waals surface area (Å²) in [6.07, 6.45) is 0.179. The molecule has 3 nitrogen and oxygen atoms in total. The minimum atomic E-state index is -4.26. The number of hydrogen-bond acceptors (Lipinski definition) is 3. The molecule has 0 aliphatic carbocycles. The Kier molecular flexibility index (Phi) is 6.49. The molecule has 1 rings (SSSR count). The Bertz CT molecular complexity index is 267. The molecule has 1 unspecified atom stereocenters. The Morgan fingerprint density at radius 1 is 1.50 bits per heavy atom. The van der Waals surface area contributed by atoms with Crippen LogP contribution in [0.4, 0.5) is 13.2 Å². The zero-order chi connectivity index (χ0) is 13.4. The van der Waals surface area contributed by atoms with Crippen molar-refractivity contribution in [2.45, 2.75) is 38.4 Å². The summed E-state index contributed by atoms with van der Waals surface area (Å²) in [5.74, 6) is 0.832. The Morgan fingerprint density at radius 2 is 2.28 bits per heavy atom. The Morgan fingerprint density at radius 3 is 2.83 bits per heavy atom. The van der Waals surface area contributed by atoms with Crippen LogP contribution in [0.15, 0.2) is 11.8 Å². The lowest BCUT2D eigenvalue weighted by Crippen LogP contribution is -2.34. The van der Waals surface area contributed by atoms with Gasteiger partial charge in [-0.25, -0.2) is 0 Å². The summed E-state index contributed by atoms with van der Waals surface area (Å²) in [5, 5.41) is 3.20. The van der Waals surface area contributed by atoms with Gasteiger partial charge in [0.25, 0.3) is 0 Å². The molecule has 0 bridgehead atoms.